The number of fused-ring (bicyclic) bond motifs is 1. The van der Waals surface area contributed by atoms with E-state index in [9.17, 15) is 10.1 Å². The topological polar surface area (TPSA) is 67.0 Å². The smallest absolute Gasteiger partial charge is 0.262 e. The van der Waals surface area contributed by atoms with Crippen LogP contribution in [0, 0.1) is 11.3 Å². The van der Waals surface area contributed by atoms with E-state index >= 15 is 0 Å². The molecule has 0 fully saturated rings. The minimum Gasteiger partial charge on any atom is -0.497 e. The number of nitriles is 1. The molecule has 5 nitrogen and oxygen atoms in total. The molecule has 4 rings (SSSR count). The Labute approximate surface area is 197 Å². The first-order valence-corrected chi connectivity index (χ1v) is 10.8. The van der Waals surface area contributed by atoms with E-state index in [4.69, 9.17) is 16.3 Å². The van der Waals surface area contributed by atoms with Crippen molar-refractivity contribution < 1.29 is 9.53 Å². The minimum atomic E-state index is -0.420. The van der Waals surface area contributed by atoms with Gasteiger partial charge in [0.1, 0.15) is 17.4 Å². The van der Waals surface area contributed by atoms with Gasteiger partial charge in [0.15, 0.2) is 0 Å². The van der Waals surface area contributed by atoms with E-state index in [0.29, 0.717) is 18.1 Å². The van der Waals surface area contributed by atoms with Gasteiger partial charge in [0.25, 0.3) is 5.91 Å². The van der Waals surface area contributed by atoms with Crippen molar-refractivity contribution in [2.24, 2.45) is 0 Å². The molecule has 33 heavy (non-hydrogen) atoms. The van der Waals surface area contributed by atoms with Gasteiger partial charge in [-0.15, -0.1) is 0 Å². The third-order valence-electron chi connectivity index (χ3n) is 5.39. The molecule has 1 amide bonds. The van der Waals surface area contributed by atoms with Crippen LogP contribution < -0.4 is 10.1 Å². The highest BCUT2D eigenvalue weighted by molar-refractivity contribution is 6.31. The largest absolute Gasteiger partial charge is 0.497 e. The number of hydrogen-bond donors (Lipinski definition) is 1. The van der Waals surface area contributed by atoms with E-state index in [2.05, 4.69) is 9.88 Å². The van der Waals surface area contributed by atoms with Crippen LogP contribution in [-0.2, 0) is 17.9 Å². The zero-order valence-corrected chi connectivity index (χ0v) is 18.8. The summed E-state index contributed by atoms with van der Waals surface area (Å²) in [7, 11) is 1.60. The number of hydrogen-bond acceptors (Lipinski definition) is 3. The number of carbonyl (C=O) groups excluding carboxylic acids is 1. The summed E-state index contributed by atoms with van der Waals surface area (Å²) < 4.78 is 7.23. The lowest BCUT2D eigenvalue weighted by atomic mass is 10.1. The number of halogens is 1. The minimum absolute atomic E-state index is 0.0455. The Balaban J connectivity index is 1.59. The molecule has 1 N–H and O–H groups in total. The number of methoxy groups -OCH3 is 1. The standard InChI is InChI=1S/C27H22ClN3O2/c1-33-23-12-10-19(11-13-23)16-30-27(32)21(15-29)14-22-18-31(26-9-5-3-7-24(22)26)17-20-6-2-4-8-25(20)28/h2-14,18H,16-17H2,1H3,(H,30,32)/b21-14-. The van der Waals surface area contributed by atoms with Crippen LogP contribution in [0.25, 0.3) is 17.0 Å². The molecule has 6 heteroatoms. The lowest BCUT2D eigenvalue weighted by Crippen LogP contribution is -2.23. The lowest BCUT2D eigenvalue weighted by Gasteiger charge is -2.07. The lowest BCUT2D eigenvalue weighted by molar-refractivity contribution is -0.117. The fourth-order valence-corrected chi connectivity index (χ4v) is 3.85. The molecule has 0 aliphatic rings. The van der Waals surface area contributed by atoms with E-state index in [1.54, 1.807) is 13.2 Å². The van der Waals surface area contributed by atoms with Gasteiger partial charge in [-0.25, -0.2) is 0 Å². The van der Waals surface area contributed by atoms with Gasteiger partial charge in [0, 0.05) is 40.8 Å². The Kier molecular flexibility index (Phi) is 6.77. The summed E-state index contributed by atoms with van der Waals surface area (Å²) in [5.74, 6) is 0.326. The van der Waals surface area contributed by atoms with Crippen LogP contribution in [0.3, 0.4) is 0 Å². The van der Waals surface area contributed by atoms with Crippen molar-refractivity contribution >= 4 is 34.5 Å². The Bertz CT molecular complexity index is 1360. The van der Waals surface area contributed by atoms with Crippen molar-refractivity contribution in [2.45, 2.75) is 13.1 Å². The molecular weight excluding hydrogens is 434 g/mol. The highest BCUT2D eigenvalue weighted by atomic mass is 35.5. The van der Waals surface area contributed by atoms with Crippen molar-refractivity contribution in [2.75, 3.05) is 7.11 Å². The SMILES string of the molecule is COc1ccc(CNC(=O)/C(C#N)=C\c2cn(Cc3ccccc3Cl)c3ccccc23)cc1. The average molecular weight is 456 g/mol. The Morgan fingerprint density at radius 1 is 1.09 bits per heavy atom. The molecule has 3 aromatic carbocycles. The van der Waals surface area contributed by atoms with Gasteiger partial charge in [0.2, 0.25) is 0 Å². The third-order valence-corrected chi connectivity index (χ3v) is 5.76. The Morgan fingerprint density at radius 3 is 2.55 bits per heavy atom. The first-order valence-electron chi connectivity index (χ1n) is 10.4. The summed E-state index contributed by atoms with van der Waals surface area (Å²) in [6.45, 7) is 0.899. The molecule has 1 heterocycles. The molecule has 0 saturated heterocycles. The molecule has 0 aliphatic carbocycles. The summed E-state index contributed by atoms with van der Waals surface area (Å²) in [5.41, 5.74) is 3.75. The maximum absolute atomic E-state index is 12.7. The number of amides is 1. The van der Waals surface area contributed by atoms with Crippen LogP contribution in [0.5, 0.6) is 5.75 Å². The van der Waals surface area contributed by atoms with Gasteiger partial charge < -0.3 is 14.6 Å². The molecular formula is C27H22ClN3O2. The molecule has 0 radical (unpaired) electrons. The average Bonchev–Trinajstić information content (AvgIpc) is 3.20. The zero-order valence-electron chi connectivity index (χ0n) is 18.1. The summed E-state index contributed by atoms with van der Waals surface area (Å²) >= 11 is 6.35. The zero-order chi connectivity index (χ0) is 23.2. The number of nitrogens with zero attached hydrogens (tertiary/aromatic N) is 2. The van der Waals surface area contributed by atoms with Gasteiger partial charge in [0.05, 0.1) is 7.11 Å². The fourth-order valence-electron chi connectivity index (χ4n) is 3.66. The number of aromatic nitrogens is 1. The van der Waals surface area contributed by atoms with Gasteiger partial charge in [-0.2, -0.15) is 5.26 Å². The number of nitrogens with one attached hydrogen (secondary N) is 1. The molecule has 4 aromatic rings. The van der Waals surface area contributed by atoms with E-state index in [1.165, 1.54) is 0 Å². The second-order valence-corrected chi connectivity index (χ2v) is 7.93. The van der Waals surface area contributed by atoms with Crippen molar-refractivity contribution in [3.63, 3.8) is 0 Å². The predicted octanol–water partition coefficient (Wildman–Crippen LogP) is 5.57. The van der Waals surface area contributed by atoms with Crippen molar-refractivity contribution in [1.82, 2.24) is 9.88 Å². The monoisotopic (exact) mass is 455 g/mol. The molecule has 0 unspecified atom stereocenters. The first-order chi connectivity index (χ1) is 16.1. The van der Waals surface area contributed by atoms with Gasteiger partial charge in [-0.3, -0.25) is 4.79 Å². The Hall–Kier alpha value is -4.01. The van der Waals surface area contributed by atoms with Crippen LogP contribution in [0.4, 0.5) is 0 Å². The van der Waals surface area contributed by atoms with Crippen molar-refractivity contribution in [1.29, 1.82) is 5.26 Å². The number of carbonyl (C=O) groups is 1. The van der Waals surface area contributed by atoms with Crippen molar-refractivity contribution in [3.05, 3.63) is 106 Å². The Morgan fingerprint density at radius 2 is 1.82 bits per heavy atom. The third kappa shape index (κ3) is 5.08. The maximum atomic E-state index is 12.7. The normalized spacial score (nSPS) is 11.2. The summed E-state index contributed by atoms with van der Waals surface area (Å²) in [6.07, 6.45) is 3.58. The summed E-state index contributed by atoms with van der Waals surface area (Å²) in [5, 5.41) is 14.1. The number of rotatable bonds is 7. The van der Waals surface area contributed by atoms with E-state index in [0.717, 1.165) is 33.3 Å². The van der Waals surface area contributed by atoms with E-state index in [-0.39, 0.29) is 5.57 Å². The number of para-hydroxylation sites is 1. The molecule has 0 atom stereocenters. The highest BCUT2D eigenvalue weighted by Gasteiger charge is 2.13. The van der Waals surface area contributed by atoms with Crippen molar-refractivity contribution in [3.8, 4) is 11.8 Å². The van der Waals surface area contributed by atoms with Crippen LogP contribution in [0.1, 0.15) is 16.7 Å². The molecule has 1 aromatic heterocycles. The number of ether oxygens (including phenoxy) is 1. The van der Waals surface area contributed by atoms with Crippen LogP contribution in [0.15, 0.2) is 84.6 Å². The molecule has 0 saturated carbocycles. The second-order valence-electron chi connectivity index (χ2n) is 7.52. The van der Waals surface area contributed by atoms with E-state index < -0.39 is 5.91 Å². The van der Waals surface area contributed by atoms with E-state index in [1.807, 2.05) is 85.1 Å². The highest BCUT2D eigenvalue weighted by Crippen LogP contribution is 2.26. The molecule has 0 aliphatic heterocycles. The molecule has 0 bridgehead atoms. The van der Waals surface area contributed by atoms with Crippen LogP contribution in [0.2, 0.25) is 5.02 Å². The first kappa shape index (κ1) is 22.2. The van der Waals surface area contributed by atoms with Crippen LogP contribution >= 0.6 is 11.6 Å². The van der Waals surface area contributed by atoms with Gasteiger partial charge in [-0.05, 0) is 41.5 Å². The second kappa shape index (κ2) is 10.1. The number of benzene rings is 3. The molecule has 0 spiro atoms. The fraction of sp³-hybridized carbons (Fsp3) is 0.111. The van der Waals surface area contributed by atoms with Gasteiger partial charge >= 0.3 is 0 Å². The maximum Gasteiger partial charge on any atom is 0.262 e. The van der Waals surface area contributed by atoms with Crippen LogP contribution in [-0.4, -0.2) is 17.6 Å². The molecule has 164 valence electrons. The summed E-state index contributed by atoms with van der Waals surface area (Å²) in [4.78, 5) is 12.7. The predicted molar refractivity (Wildman–Crippen MR) is 131 cm³/mol. The summed E-state index contributed by atoms with van der Waals surface area (Å²) in [6, 6.07) is 25.0. The van der Waals surface area contributed by atoms with Gasteiger partial charge in [-0.1, -0.05) is 60.1 Å². The quantitative estimate of drug-likeness (QED) is 0.292.